The first kappa shape index (κ1) is 18.3. The van der Waals surface area contributed by atoms with Crippen molar-refractivity contribution in [1.82, 2.24) is 0 Å². The second-order valence-corrected chi connectivity index (χ2v) is 6.98. The summed E-state index contributed by atoms with van der Waals surface area (Å²) in [6, 6.07) is 5.68. The number of carbonyl (C=O) groups excluding carboxylic acids is 2. The third kappa shape index (κ3) is 4.98. The Labute approximate surface area is 143 Å². The van der Waals surface area contributed by atoms with E-state index in [-0.39, 0.29) is 17.4 Å². The van der Waals surface area contributed by atoms with Crippen LogP contribution in [0.4, 0.5) is 0 Å². The molecule has 5 heteroatoms. The van der Waals surface area contributed by atoms with Crippen LogP contribution >= 0.6 is 0 Å². The molecule has 3 atom stereocenters. The smallest absolute Gasteiger partial charge is 0.344 e. The molecule has 0 amide bonds. The van der Waals surface area contributed by atoms with Gasteiger partial charge < -0.3 is 14.6 Å². The summed E-state index contributed by atoms with van der Waals surface area (Å²) in [5.41, 5.74) is 0.284. The molecular formula is C19H26O5. The molecule has 0 aromatic heterocycles. The third-order valence-corrected chi connectivity index (χ3v) is 4.67. The van der Waals surface area contributed by atoms with Gasteiger partial charge in [-0.3, -0.25) is 0 Å². The van der Waals surface area contributed by atoms with Crippen LogP contribution in [0, 0.1) is 17.8 Å². The van der Waals surface area contributed by atoms with Gasteiger partial charge in [0.1, 0.15) is 11.9 Å². The molecule has 0 bridgehead atoms. The highest BCUT2D eigenvalue weighted by Gasteiger charge is 2.33. The largest absolute Gasteiger partial charge is 0.508 e. The number of phenols is 1. The molecule has 0 aliphatic heterocycles. The number of ether oxygens (including phenoxy) is 2. The molecule has 2 rings (SSSR count). The van der Waals surface area contributed by atoms with Crippen LogP contribution in [-0.2, 0) is 14.3 Å². The summed E-state index contributed by atoms with van der Waals surface area (Å²) < 4.78 is 10.6. The number of carbonyl (C=O) groups is 2. The monoisotopic (exact) mass is 334 g/mol. The van der Waals surface area contributed by atoms with E-state index in [4.69, 9.17) is 9.47 Å². The molecule has 1 fully saturated rings. The maximum atomic E-state index is 12.0. The molecule has 1 aliphatic carbocycles. The molecule has 1 N–H and O–H groups in total. The number of benzene rings is 1. The van der Waals surface area contributed by atoms with Crippen LogP contribution < -0.4 is 0 Å². The van der Waals surface area contributed by atoms with Gasteiger partial charge in [-0.15, -0.1) is 0 Å². The lowest BCUT2D eigenvalue weighted by atomic mass is 9.75. The van der Waals surface area contributed by atoms with Crippen LogP contribution in [-0.4, -0.2) is 29.8 Å². The minimum absolute atomic E-state index is 0.0668. The van der Waals surface area contributed by atoms with E-state index >= 15 is 0 Å². The van der Waals surface area contributed by atoms with E-state index < -0.39 is 18.5 Å². The Morgan fingerprint density at radius 1 is 1.21 bits per heavy atom. The van der Waals surface area contributed by atoms with Gasteiger partial charge in [0.15, 0.2) is 6.61 Å². The lowest BCUT2D eigenvalue weighted by Gasteiger charge is -2.36. The summed E-state index contributed by atoms with van der Waals surface area (Å²) in [5, 5.41) is 9.20. The van der Waals surface area contributed by atoms with Crippen LogP contribution in [0.25, 0.3) is 0 Å². The van der Waals surface area contributed by atoms with Crippen molar-refractivity contribution in [3.05, 3.63) is 29.8 Å². The van der Waals surface area contributed by atoms with Gasteiger partial charge in [0.25, 0.3) is 0 Å². The van der Waals surface area contributed by atoms with Gasteiger partial charge in [0, 0.05) is 0 Å². The van der Waals surface area contributed by atoms with Crippen LogP contribution in [0.5, 0.6) is 5.75 Å². The van der Waals surface area contributed by atoms with Gasteiger partial charge in [0.2, 0.25) is 0 Å². The van der Waals surface area contributed by atoms with E-state index in [0.29, 0.717) is 17.8 Å². The first-order valence-electron chi connectivity index (χ1n) is 8.52. The van der Waals surface area contributed by atoms with E-state index in [9.17, 15) is 14.7 Å². The number of hydrogen-bond donors (Lipinski definition) is 1. The molecule has 132 valence electrons. The average molecular weight is 334 g/mol. The Morgan fingerprint density at radius 2 is 1.88 bits per heavy atom. The van der Waals surface area contributed by atoms with Gasteiger partial charge in [-0.25, -0.2) is 9.59 Å². The SMILES string of the molecule is CC(C)[C@H]1CC[C@@H](C)C[C@@H]1OC(=O)COC(=O)c1ccc(O)cc1. The normalized spacial score (nSPS) is 23.8. The first-order valence-corrected chi connectivity index (χ1v) is 8.52. The summed E-state index contributed by atoms with van der Waals surface area (Å²) >= 11 is 0. The van der Waals surface area contributed by atoms with Crippen molar-refractivity contribution in [1.29, 1.82) is 0 Å². The molecule has 1 aromatic carbocycles. The Kier molecular flexibility index (Phi) is 6.23. The molecule has 0 radical (unpaired) electrons. The molecule has 24 heavy (non-hydrogen) atoms. The standard InChI is InChI=1S/C19H26O5/c1-12(2)16-9-4-13(3)10-17(16)24-18(21)11-23-19(22)14-5-7-15(20)8-6-14/h5-8,12-13,16-17,20H,4,9-11H2,1-3H3/t13-,16-,17+/m1/s1. The Hall–Kier alpha value is -2.04. The van der Waals surface area contributed by atoms with E-state index in [1.54, 1.807) is 0 Å². The Balaban J connectivity index is 1.85. The Morgan fingerprint density at radius 3 is 2.50 bits per heavy atom. The van der Waals surface area contributed by atoms with Crippen molar-refractivity contribution in [2.24, 2.45) is 17.8 Å². The van der Waals surface area contributed by atoms with Gasteiger partial charge in [-0.2, -0.15) is 0 Å². The summed E-state index contributed by atoms with van der Waals surface area (Å²) in [7, 11) is 0. The third-order valence-electron chi connectivity index (χ3n) is 4.67. The van der Waals surface area contributed by atoms with E-state index in [1.807, 2.05) is 0 Å². The minimum Gasteiger partial charge on any atom is -0.508 e. The zero-order chi connectivity index (χ0) is 17.7. The first-order chi connectivity index (χ1) is 11.4. The number of hydrogen-bond acceptors (Lipinski definition) is 5. The highest BCUT2D eigenvalue weighted by Crippen LogP contribution is 2.35. The maximum absolute atomic E-state index is 12.0. The predicted octanol–water partition coefficient (Wildman–Crippen LogP) is 3.55. The fraction of sp³-hybridized carbons (Fsp3) is 0.579. The van der Waals surface area contributed by atoms with E-state index in [2.05, 4.69) is 20.8 Å². The van der Waals surface area contributed by atoms with Gasteiger partial charge >= 0.3 is 11.9 Å². The van der Waals surface area contributed by atoms with Crippen LogP contribution in [0.15, 0.2) is 24.3 Å². The van der Waals surface area contributed by atoms with Crippen molar-refractivity contribution in [3.8, 4) is 5.75 Å². The number of rotatable bonds is 5. The summed E-state index contributed by atoms with van der Waals surface area (Å²) in [4.78, 5) is 23.9. The van der Waals surface area contributed by atoms with E-state index in [0.717, 1.165) is 19.3 Å². The maximum Gasteiger partial charge on any atom is 0.344 e. The fourth-order valence-corrected chi connectivity index (χ4v) is 3.26. The van der Waals surface area contributed by atoms with Crippen molar-refractivity contribution < 1.29 is 24.2 Å². The molecule has 1 aliphatic rings. The quantitative estimate of drug-likeness (QED) is 0.834. The molecule has 0 spiro atoms. The number of phenolic OH excluding ortho intramolecular Hbond substituents is 1. The van der Waals surface area contributed by atoms with Crippen molar-refractivity contribution in [3.63, 3.8) is 0 Å². The van der Waals surface area contributed by atoms with Gasteiger partial charge in [-0.05, 0) is 54.9 Å². The van der Waals surface area contributed by atoms with Crippen molar-refractivity contribution in [2.75, 3.05) is 6.61 Å². The molecule has 1 saturated carbocycles. The fourth-order valence-electron chi connectivity index (χ4n) is 3.26. The molecule has 5 nitrogen and oxygen atoms in total. The van der Waals surface area contributed by atoms with Gasteiger partial charge in [-0.1, -0.05) is 27.2 Å². The molecule has 1 aromatic rings. The highest BCUT2D eigenvalue weighted by atomic mass is 16.6. The van der Waals surface area contributed by atoms with Gasteiger partial charge in [0.05, 0.1) is 5.56 Å². The molecule has 0 unspecified atom stereocenters. The molecule has 0 heterocycles. The summed E-state index contributed by atoms with van der Waals surface area (Å²) in [6.45, 7) is 6.07. The minimum atomic E-state index is -0.607. The summed E-state index contributed by atoms with van der Waals surface area (Å²) in [5.74, 6) is 0.304. The molecular weight excluding hydrogens is 308 g/mol. The van der Waals surface area contributed by atoms with E-state index in [1.165, 1.54) is 24.3 Å². The average Bonchev–Trinajstić information content (AvgIpc) is 2.53. The van der Waals surface area contributed by atoms with Crippen LogP contribution in [0.3, 0.4) is 0 Å². The van der Waals surface area contributed by atoms with Crippen molar-refractivity contribution in [2.45, 2.75) is 46.1 Å². The second kappa shape index (κ2) is 8.18. The summed E-state index contributed by atoms with van der Waals surface area (Å²) in [6.07, 6.45) is 2.98. The zero-order valence-corrected chi connectivity index (χ0v) is 14.5. The zero-order valence-electron chi connectivity index (χ0n) is 14.5. The molecule has 0 saturated heterocycles. The number of aromatic hydroxyl groups is 1. The predicted molar refractivity (Wildman–Crippen MR) is 89.6 cm³/mol. The van der Waals surface area contributed by atoms with Crippen LogP contribution in [0.1, 0.15) is 50.4 Å². The second-order valence-electron chi connectivity index (χ2n) is 6.98. The lowest BCUT2D eigenvalue weighted by Crippen LogP contribution is -2.36. The Bertz CT molecular complexity index is 564. The van der Waals surface area contributed by atoms with Crippen molar-refractivity contribution >= 4 is 11.9 Å². The number of esters is 2. The topological polar surface area (TPSA) is 72.8 Å². The lowest BCUT2D eigenvalue weighted by molar-refractivity contribution is -0.159. The van der Waals surface area contributed by atoms with Crippen LogP contribution in [0.2, 0.25) is 0 Å². The highest BCUT2D eigenvalue weighted by molar-refractivity contribution is 5.90.